The molecule has 1 N–H and O–H groups in total. The summed E-state index contributed by atoms with van der Waals surface area (Å²) in [6, 6.07) is 22.3. The van der Waals surface area contributed by atoms with Crippen molar-refractivity contribution in [2.24, 2.45) is 5.92 Å². The average Bonchev–Trinajstić information content (AvgIpc) is 2.62. The Balaban J connectivity index is 1.65. The van der Waals surface area contributed by atoms with Gasteiger partial charge in [0.25, 0.3) is 0 Å². The Kier molecular flexibility index (Phi) is 6.50. The van der Waals surface area contributed by atoms with Crippen LogP contribution in [0, 0.1) is 5.92 Å². The molecule has 0 atom stereocenters. The first-order valence-corrected chi connectivity index (χ1v) is 10.0. The van der Waals surface area contributed by atoms with Gasteiger partial charge in [0, 0.05) is 19.1 Å². The van der Waals surface area contributed by atoms with E-state index in [4.69, 9.17) is 0 Å². The molecular weight excluding hydrogens is 318 g/mol. The molecule has 2 nitrogen and oxygen atoms in total. The van der Waals surface area contributed by atoms with E-state index in [9.17, 15) is 5.11 Å². The van der Waals surface area contributed by atoms with Gasteiger partial charge >= 0.3 is 0 Å². The number of benzene rings is 2. The number of hydrogen-bond donors (Lipinski definition) is 1. The Labute approximate surface area is 158 Å². The third-order valence-corrected chi connectivity index (χ3v) is 5.58. The van der Waals surface area contributed by atoms with Crippen molar-refractivity contribution in [3.05, 3.63) is 71.8 Å². The quantitative estimate of drug-likeness (QED) is 0.721. The highest BCUT2D eigenvalue weighted by Crippen LogP contribution is 2.33. The van der Waals surface area contributed by atoms with Crippen LogP contribution in [0.15, 0.2) is 60.7 Å². The van der Waals surface area contributed by atoms with Crippen molar-refractivity contribution >= 4 is 0 Å². The molecule has 2 aromatic rings. The minimum absolute atomic E-state index is 0.536. The lowest BCUT2D eigenvalue weighted by atomic mass is 9.79. The smallest absolute Gasteiger partial charge is 0.0594 e. The van der Waals surface area contributed by atoms with Gasteiger partial charge in [0.1, 0.15) is 0 Å². The van der Waals surface area contributed by atoms with Crippen molar-refractivity contribution in [1.29, 1.82) is 0 Å². The van der Waals surface area contributed by atoms with Crippen molar-refractivity contribution in [2.45, 2.75) is 70.7 Å². The van der Waals surface area contributed by atoms with Crippen LogP contribution in [0.1, 0.15) is 57.1 Å². The predicted octanol–water partition coefficient (Wildman–Crippen LogP) is 5.41. The predicted molar refractivity (Wildman–Crippen MR) is 109 cm³/mol. The summed E-state index contributed by atoms with van der Waals surface area (Å²) in [5.74, 6) is 0.668. The fraction of sp³-hybridized carbons (Fsp3) is 0.500. The number of rotatable bonds is 7. The summed E-state index contributed by atoms with van der Waals surface area (Å²) >= 11 is 0. The van der Waals surface area contributed by atoms with Crippen molar-refractivity contribution < 1.29 is 5.11 Å². The summed E-state index contributed by atoms with van der Waals surface area (Å²) in [6.45, 7) is 5.90. The molecule has 0 aliphatic heterocycles. The molecule has 2 aromatic carbocycles. The molecule has 0 radical (unpaired) electrons. The van der Waals surface area contributed by atoms with Crippen LogP contribution in [0.4, 0.5) is 0 Å². The van der Waals surface area contributed by atoms with Crippen molar-refractivity contribution in [1.82, 2.24) is 4.90 Å². The Morgan fingerprint density at radius 2 is 1.27 bits per heavy atom. The molecule has 1 fully saturated rings. The lowest BCUT2D eigenvalue weighted by Crippen LogP contribution is -2.38. The Morgan fingerprint density at radius 1 is 0.808 bits per heavy atom. The van der Waals surface area contributed by atoms with E-state index in [1.54, 1.807) is 0 Å². The lowest BCUT2D eigenvalue weighted by molar-refractivity contribution is 0.0351. The maximum Gasteiger partial charge on any atom is 0.0594 e. The van der Waals surface area contributed by atoms with E-state index in [-0.39, 0.29) is 0 Å². The second-order valence-corrected chi connectivity index (χ2v) is 8.57. The molecule has 0 unspecified atom stereocenters. The third-order valence-electron chi connectivity index (χ3n) is 5.58. The zero-order valence-electron chi connectivity index (χ0n) is 16.3. The van der Waals surface area contributed by atoms with Gasteiger partial charge < -0.3 is 5.11 Å². The van der Waals surface area contributed by atoms with E-state index < -0.39 is 5.60 Å². The summed E-state index contributed by atoms with van der Waals surface area (Å²) < 4.78 is 0. The molecule has 0 bridgehead atoms. The summed E-state index contributed by atoms with van der Waals surface area (Å²) in [6.07, 6.45) is 5.86. The molecular formula is C24H33NO. The van der Waals surface area contributed by atoms with E-state index in [2.05, 4.69) is 65.6 Å². The van der Waals surface area contributed by atoms with Gasteiger partial charge in [0.05, 0.1) is 5.60 Å². The number of aliphatic hydroxyl groups is 1. The van der Waals surface area contributed by atoms with Crippen molar-refractivity contribution in [3.63, 3.8) is 0 Å². The normalized spacial score (nSPS) is 21.1. The maximum atomic E-state index is 10.1. The summed E-state index contributed by atoms with van der Waals surface area (Å²) in [5.41, 5.74) is 2.25. The number of hydrogen-bond acceptors (Lipinski definition) is 2. The van der Waals surface area contributed by atoms with Crippen LogP contribution in [0.3, 0.4) is 0 Å². The highest BCUT2D eigenvalue weighted by molar-refractivity contribution is 5.17. The second-order valence-electron chi connectivity index (χ2n) is 8.57. The number of nitrogens with zero attached hydrogens (tertiary/aromatic N) is 1. The largest absolute Gasteiger partial charge is 0.390 e. The summed E-state index contributed by atoms with van der Waals surface area (Å²) in [4.78, 5) is 2.66. The van der Waals surface area contributed by atoms with Gasteiger partial charge in [-0.3, -0.25) is 4.90 Å². The topological polar surface area (TPSA) is 23.5 Å². The van der Waals surface area contributed by atoms with E-state index >= 15 is 0 Å². The van der Waals surface area contributed by atoms with Crippen LogP contribution in [-0.2, 0) is 13.1 Å². The first-order valence-electron chi connectivity index (χ1n) is 10.0. The van der Waals surface area contributed by atoms with Gasteiger partial charge in [-0.2, -0.15) is 0 Å². The zero-order valence-corrected chi connectivity index (χ0v) is 16.3. The molecule has 26 heavy (non-hydrogen) atoms. The van der Waals surface area contributed by atoms with Crippen LogP contribution < -0.4 is 0 Å². The molecule has 0 heterocycles. The van der Waals surface area contributed by atoms with E-state index in [0.717, 1.165) is 19.5 Å². The van der Waals surface area contributed by atoms with E-state index in [0.29, 0.717) is 12.0 Å². The van der Waals surface area contributed by atoms with Gasteiger partial charge in [0.15, 0.2) is 0 Å². The van der Waals surface area contributed by atoms with Crippen LogP contribution in [0.25, 0.3) is 0 Å². The molecule has 0 amide bonds. The highest BCUT2D eigenvalue weighted by atomic mass is 16.3. The Hall–Kier alpha value is -1.64. The molecule has 2 heteroatoms. The molecule has 1 aliphatic rings. The van der Waals surface area contributed by atoms with Gasteiger partial charge in [-0.05, 0) is 63.0 Å². The summed E-state index contributed by atoms with van der Waals surface area (Å²) in [7, 11) is 0. The fourth-order valence-corrected chi connectivity index (χ4v) is 4.37. The SMILES string of the molecule is CC(C)(O)C[C@H]1CC[C@H](N(Cc2ccccc2)Cc2ccccc2)CC1. The average molecular weight is 352 g/mol. The van der Waals surface area contributed by atoms with Crippen molar-refractivity contribution in [2.75, 3.05) is 0 Å². The van der Waals surface area contributed by atoms with Gasteiger partial charge in [-0.1, -0.05) is 60.7 Å². The van der Waals surface area contributed by atoms with Crippen LogP contribution >= 0.6 is 0 Å². The maximum absolute atomic E-state index is 10.1. The van der Waals surface area contributed by atoms with E-state index in [1.165, 1.54) is 36.8 Å². The molecule has 1 saturated carbocycles. The Morgan fingerprint density at radius 3 is 1.69 bits per heavy atom. The van der Waals surface area contributed by atoms with Crippen LogP contribution in [-0.4, -0.2) is 21.6 Å². The molecule has 3 rings (SSSR count). The first-order chi connectivity index (χ1) is 12.5. The highest BCUT2D eigenvalue weighted by Gasteiger charge is 2.29. The molecule has 0 spiro atoms. The monoisotopic (exact) mass is 351 g/mol. The minimum Gasteiger partial charge on any atom is -0.390 e. The van der Waals surface area contributed by atoms with Crippen molar-refractivity contribution in [3.8, 4) is 0 Å². The van der Waals surface area contributed by atoms with Crippen LogP contribution in [0.5, 0.6) is 0 Å². The van der Waals surface area contributed by atoms with Crippen LogP contribution in [0.2, 0.25) is 0 Å². The molecule has 1 aliphatic carbocycles. The molecule has 140 valence electrons. The standard InChI is InChI=1S/C24H33NO/c1-24(2,26)17-20-13-15-23(16-14-20)25(18-21-9-5-3-6-10-21)19-22-11-7-4-8-12-22/h3-12,20,23,26H,13-19H2,1-2H3/t20-,23-. The third kappa shape index (κ3) is 5.96. The minimum atomic E-state index is -0.536. The zero-order chi connectivity index (χ0) is 18.4. The first kappa shape index (κ1) is 19.1. The van der Waals surface area contributed by atoms with Gasteiger partial charge in [-0.15, -0.1) is 0 Å². The molecule has 0 aromatic heterocycles. The summed E-state index contributed by atoms with van der Waals surface area (Å²) in [5, 5.41) is 10.1. The van der Waals surface area contributed by atoms with E-state index in [1.807, 2.05) is 13.8 Å². The second kappa shape index (κ2) is 8.83. The fourth-order valence-electron chi connectivity index (χ4n) is 4.37. The lowest BCUT2D eigenvalue weighted by Gasteiger charge is -2.38. The van der Waals surface area contributed by atoms with Gasteiger partial charge in [0.2, 0.25) is 0 Å². The molecule has 0 saturated heterocycles. The Bertz CT molecular complexity index is 597. The van der Waals surface area contributed by atoms with Gasteiger partial charge in [-0.25, -0.2) is 0 Å².